The van der Waals surface area contributed by atoms with E-state index >= 15 is 0 Å². The molecule has 0 amide bonds. The standard InChI is InChI=1S/C46H28N4O.C43H29N3O.C40H23N3OS/c1-3-15-29(16-4-1)45-47-44(43-34-22-10-14-26-40(34)51-46(43)48-45)33-21-9-13-25-37(33)50-36-24-12-8-20-32(36)42-39(50)28-27-38-41(42)31-19-7-11-23-35(31)49(38)30-17-5-2-6-18-30;1-43(2)31-20-10-6-16-27(31)37-32(43)24-25-35-38(37)28-17-7-11-21-33(28)46(35)34-22-12-8-18-29(34)40-39-30-19-9-13-23-36(30)47-42(39)45-41(44-40)26-14-4-3-5-15-26;1-2-12-24(13-3-1)39-41-38(37-27-16-6-10-20-32(27)44-40(37)42-39)26-15-5-9-19-30(26)43-29-18-8-4-14-25(29)35-31(43)22-23-34-36(35)28-17-7-11-21-33(28)45-34/h1-28H;3-25H,1-2H3;1-23H. The third kappa shape index (κ3) is 12.5. The Labute approximate surface area is 821 Å². The van der Waals surface area contributed by atoms with E-state index in [1.807, 2.05) is 157 Å². The molecule has 0 N–H and O–H groups in total. The molecule has 0 saturated heterocycles. The molecule has 11 heterocycles. The van der Waals surface area contributed by atoms with Gasteiger partial charge in [0.15, 0.2) is 17.5 Å². The fourth-order valence-corrected chi connectivity index (χ4v) is 24.0. The summed E-state index contributed by atoms with van der Waals surface area (Å²) in [6, 6.07) is 158. The third-order valence-corrected chi connectivity index (χ3v) is 30.2. The van der Waals surface area contributed by atoms with Gasteiger partial charge in [0.1, 0.15) is 16.7 Å². The summed E-state index contributed by atoms with van der Waals surface area (Å²) in [7, 11) is 0. The number of hydrogen-bond acceptors (Lipinski definition) is 10. The van der Waals surface area contributed by atoms with Crippen LogP contribution < -0.4 is 0 Å². The van der Waals surface area contributed by atoms with Crippen LogP contribution in [0.5, 0.6) is 0 Å². The van der Waals surface area contributed by atoms with Crippen molar-refractivity contribution in [1.82, 2.24) is 48.2 Å². The third-order valence-electron chi connectivity index (χ3n) is 29.1. The predicted molar refractivity (Wildman–Crippen MR) is 588 cm³/mol. The van der Waals surface area contributed by atoms with Crippen LogP contribution in [0.25, 0.3) is 275 Å². The van der Waals surface area contributed by atoms with Gasteiger partial charge < -0.3 is 31.5 Å². The molecule has 1 aliphatic rings. The molecule has 30 aromatic rings. The highest BCUT2D eigenvalue weighted by Crippen LogP contribution is 2.56. The first-order valence-electron chi connectivity index (χ1n) is 48.3. The molecule has 0 radical (unpaired) electrons. The molecule has 31 rings (SSSR count). The Bertz CT molecular complexity index is 10500. The Balaban J connectivity index is 0.000000102. The van der Waals surface area contributed by atoms with Crippen molar-refractivity contribution >= 4 is 185 Å². The van der Waals surface area contributed by atoms with Crippen LogP contribution in [0.4, 0.5) is 0 Å². The maximum Gasteiger partial charge on any atom is 0.231 e. The number of nitrogens with zero attached hydrogens (tertiary/aromatic N) is 10. The van der Waals surface area contributed by atoms with Crippen LogP contribution in [0.3, 0.4) is 0 Å². The second-order valence-electron chi connectivity index (χ2n) is 37.3. The van der Waals surface area contributed by atoms with Crippen LogP contribution in [-0.4, -0.2) is 48.2 Å². The zero-order chi connectivity index (χ0) is 94.2. The van der Waals surface area contributed by atoms with E-state index in [1.165, 1.54) is 108 Å². The largest absolute Gasteiger partial charge is 0.438 e. The maximum atomic E-state index is 6.42. The first kappa shape index (κ1) is 81.4. The molecule has 0 bridgehead atoms. The van der Waals surface area contributed by atoms with E-state index in [-0.39, 0.29) is 5.41 Å². The molecule has 11 aromatic heterocycles. The topological polar surface area (TPSA) is 136 Å². The van der Waals surface area contributed by atoms with Crippen LogP contribution in [0.1, 0.15) is 25.0 Å². The first-order valence-corrected chi connectivity index (χ1v) is 49.1. The number of thiophene rings is 1. The van der Waals surface area contributed by atoms with Gasteiger partial charge in [0.25, 0.3) is 0 Å². The number of fused-ring (bicyclic) bond motifs is 30. The maximum absolute atomic E-state index is 6.42. The van der Waals surface area contributed by atoms with Crippen molar-refractivity contribution in [3.63, 3.8) is 0 Å². The second-order valence-corrected chi connectivity index (χ2v) is 38.3. The van der Waals surface area contributed by atoms with E-state index < -0.39 is 0 Å². The quantitative estimate of drug-likeness (QED) is 0.131. The van der Waals surface area contributed by atoms with Gasteiger partial charge in [-0.3, -0.25) is 0 Å². The number of hydrogen-bond donors (Lipinski definition) is 0. The second kappa shape index (κ2) is 32.2. The molecule has 13 nitrogen and oxygen atoms in total. The fraction of sp³-hybridized carbons (Fsp3) is 0.0233. The zero-order valence-electron chi connectivity index (χ0n) is 77.3. The number of benzene rings is 19. The molecule has 0 aliphatic heterocycles. The van der Waals surface area contributed by atoms with E-state index in [9.17, 15) is 0 Å². The molecule has 0 unspecified atom stereocenters. The summed E-state index contributed by atoms with van der Waals surface area (Å²) in [6.07, 6.45) is 0. The Morgan fingerprint density at radius 1 is 0.210 bits per heavy atom. The molecule has 143 heavy (non-hydrogen) atoms. The molecule has 14 heteroatoms. The first-order chi connectivity index (χ1) is 70.8. The highest BCUT2D eigenvalue weighted by molar-refractivity contribution is 7.26. The lowest BCUT2D eigenvalue weighted by Crippen LogP contribution is -2.14. The van der Waals surface area contributed by atoms with E-state index in [0.29, 0.717) is 34.6 Å². The molecule has 670 valence electrons. The smallest absolute Gasteiger partial charge is 0.231 e. The van der Waals surface area contributed by atoms with Gasteiger partial charge in [0, 0.05) is 124 Å². The van der Waals surface area contributed by atoms with Gasteiger partial charge in [-0.2, -0.15) is 15.0 Å². The number of furan rings is 3. The van der Waals surface area contributed by atoms with Crippen LogP contribution >= 0.6 is 11.3 Å². The lowest BCUT2D eigenvalue weighted by atomic mass is 9.82. The van der Waals surface area contributed by atoms with E-state index in [2.05, 4.69) is 335 Å². The summed E-state index contributed by atoms with van der Waals surface area (Å²) in [5.74, 6) is 1.91. The summed E-state index contributed by atoms with van der Waals surface area (Å²) < 4.78 is 31.4. The van der Waals surface area contributed by atoms with E-state index in [1.54, 1.807) is 0 Å². The molecule has 19 aromatic carbocycles. The van der Waals surface area contributed by atoms with Crippen LogP contribution in [-0.2, 0) is 5.41 Å². The molecular weight excluding hydrogens is 1770 g/mol. The van der Waals surface area contributed by atoms with Crippen molar-refractivity contribution in [1.29, 1.82) is 0 Å². The summed E-state index contributed by atoms with van der Waals surface area (Å²) in [5.41, 5.74) is 31.5. The molecule has 0 spiro atoms. The number of para-hydroxylation sites is 11. The Kier molecular flexibility index (Phi) is 18.3. The van der Waals surface area contributed by atoms with Gasteiger partial charge in [0.2, 0.25) is 17.1 Å². The summed E-state index contributed by atoms with van der Waals surface area (Å²) in [4.78, 5) is 30.8. The molecular formula is C129H80N10O3S. The van der Waals surface area contributed by atoms with Gasteiger partial charge in [-0.25, -0.2) is 15.0 Å². The van der Waals surface area contributed by atoms with E-state index in [4.69, 9.17) is 43.2 Å². The average molecular weight is 1850 g/mol. The zero-order valence-corrected chi connectivity index (χ0v) is 78.1. The van der Waals surface area contributed by atoms with Gasteiger partial charge in [-0.15, -0.1) is 11.3 Å². The van der Waals surface area contributed by atoms with Gasteiger partial charge in [0.05, 0.1) is 94.4 Å². The minimum absolute atomic E-state index is 0.0794. The SMILES string of the molecule is CC1(C)c2ccccc2-c2c1ccc1c2c2ccccc2n1-c1ccccc1-c1nc(-c2ccccc2)nc2oc3ccccc3c12.c1ccc(-c2nc(-c3ccccc3-n3c4ccccc4c4c5c(ccc43)sc3ccccc35)c3c(n2)oc2ccccc23)cc1.c1ccc(-c2nc(-c3ccccc3-n3c4ccccc4c4c5c6ccccc6n(-c6ccccc6)c5ccc43)c3c(n2)oc2ccccc23)cc1. The number of rotatable bonds is 10. The predicted octanol–water partition coefficient (Wildman–Crippen LogP) is 34.2. The summed E-state index contributed by atoms with van der Waals surface area (Å²) >= 11 is 1.86. The van der Waals surface area contributed by atoms with Crippen molar-refractivity contribution < 1.29 is 13.3 Å². The van der Waals surface area contributed by atoms with Gasteiger partial charge in [-0.05, 0) is 131 Å². The highest BCUT2D eigenvalue weighted by Gasteiger charge is 2.38. The number of aromatic nitrogens is 10. The monoisotopic (exact) mass is 1850 g/mol. The van der Waals surface area contributed by atoms with Crippen molar-refractivity contribution in [3.8, 4) is 102 Å². The minimum Gasteiger partial charge on any atom is -0.438 e. The summed E-state index contributed by atoms with van der Waals surface area (Å²) in [5, 5.41) is 18.3. The normalized spacial score (nSPS) is 12.5. The Hall–Kier alpha value is -18.8. The lowest BCUT2D eigenvalue weighted by molar-refractivity contribution is 0.653. The van der Waals surface area contributed by atoms with Crippen LogP contribution in [0.15, 0.2) is 462 Å². The summed E-state index contributed by atoms with van der Waals surface area (Å²) in [6.45, 7) is 4.69. The lowest BCUT2D eigenvalue weighted by Gasteiger charge is -2.21. The van der Waals surface area contributed by atoms with Gasteiger partial charge in [-0.1, -0.05) is 354 Å². The average Bonchev–Trinajstić information content (AvgIpc) is 1.56. The highest BCUT2D eigenvalue weighted by atomic mass is 32.1. The molecule has 1 aliphatic carbocycles. The molecule has 0 saturated carbocycles. The Morgan fingerprint density at radius 3 is 0.951 bits per heavy atom. The van der Waals surface area contributed by atoms with Crippen LogP contribution in [0, 0.1) is 0 Å². The van der Waals surface area contributed by atoms with E-state index in [0.717, 1.165) is 144 Å². The van der Waals surface area contributed by atoms with Gasteiger partial charge >= 0.3 is 0 Å². The molecule has 0 atom stereocenters. The van der Waals surface area contributed by atoms with Crippen molar-refractivity contribution in [2.24, 2.45) is 0 Å². The van der Waals surface area contributed by atoms with Crippen molar-refractivity contribution in [2.75, 3.05) is 0 Å². The molecule has 0 fully saturated rings. The van der Waals surface area contributed by atoms with Crippen LogP contribution in [0.2, 0.25) is 0 Å². The van der Waals surface area contributed by atoms with Crippen molar-refractivity contribution in [3.05, 3.63) is 460 Å². The Morgan fingerprint density at radius 2 is 0.517 bits per heavy atom. The van der Waals surface area contributed by atoms with Crippen molar-refractivity contribution in [2.45, 2.75) is 19.3 Å². The fourth-order valence-electron chi connectivity index (χ4n) is 22.9. The minimum atomic E-state index is -0.0794.